The van der Waals surface area contributed by atoms with Gasteiger partial charge < -0.3 is 9.84 Å². The molecule has 0 fully saturated rings. The first-order chi connectivity index (χ1) is 5.40. The van der Waals surface area contributed by atoms with Gasteiger partial charge in [-0.3, -0.25) is 0 Å². The summed E-state index contributed by atoms with van der Waals surface area (Å²) >= 11 is 0. The minimum atomic E-state index is -1.18. The van der Waals surface area contributed by atoms with Gasteiger partial charge in [-0.05, 0) is 26.8 Å². The van der Waals surface area contributed by atoms with E-state index < -0.39 is 11.6 Å². The van der Waals surface area contributed by atoms with Gasteiger partial charge in [0.1, 0.15) is 0 Å². The highest BCUT2D eigenvalue weighted by Crippen LogP contribution is 2.14. The van der Waals surface area contributed by atoms with E-state index in [1.54, 1.807) is 19.1 Å². The fourth-order valence-corrected chi connectivity index (χ4v) is 0.646. The predicted octanol–water partition coefficient (Wildman–Crippen LogP) is 1.96. The van der Waals surface area contributed by atoms with E-state index in [4.69, 9.17) is 9.84 Å². The number of aliphatic carboxylic acids is 1. The number of hydrogen-bond acceptors (Lipinski definition) is 2. The average Bonchev–Trinajstić information content (AvgIpc) is 1.85. The van der Waals surface area contributed by atoms with E-state index in [0.717, 1.165) is 0 Å². The summed E-state index contributed by atoms with van der Waals surface area (Å²) in [7, 11) is 0. The molecule has 0 aliphatic carbocycles. The molecule has 0 rings (SSSR count). The SMILES string of the molecule is C=C/C=C(\C)OC(C)(C)C(=O)O. The topological polar surface area (TPSA) is 46.5 Å². The zero-order chi connectivity index (χ0) is 9.78. The van der Waals surface area contributed by atoms with E-state index in [1.807, 2.05) is 0 Å². The van der Waals surface area contributed by atoms with Crippen LogP contribution in [0.15, 0.2) is 24.5 Å². The van der Waals surface area contributed by atoms with Crippen LogP contribution >= 0.6 is 0 Å². The molecule has 0 aromatic heterocycles. The number of rotatable bonds is 4. The van der Waals surface area contributed by atoms with Crippen LogP contribution in [0.3, 0.4) is 0 Å². The minimum absolute atomic E-state index is 0.539. The van der Waals surface area contributed by atoms with Crippen LogP contribution in [0.25, 0.3) is 0 Å². The molecule has 0 aliphatic rings. The highest BCUT2D eigenvalue weighted by atomic mass is 16.5. The standard InChI is InChI=1S/C9H14O3/c1-5-6-7(2)12-9(3,4)8(10)11/h5-6H,1H2,2-4H3,(H,10,11)/b7-6+. The van der Waals surface area contributed by atoms with Gasteiger partial charge in [0.05, 0.1) is 5.76 Å². The fourth-order valence-electron chi connectivity index (χ4n) is 0.646. The van der Waals surface area contributed by atoms with Gasteiger partial charge in [0, 0.05) is 0 Å². The molecule has 0 aliphatic heterocycles. The number of carbonyl (C=O) groups is 1. The maximum Gasteiger partial charge on any atom is 0.347 e. The van der Waals surface area contributed by atoms with Gasteiger partial charge in [0.2, 0.25) is 0 Å². The van der Waals surface area contributed by atoms with Crippen LogP contribution in [0.4, 0.5) is 0 Å². The first-order valence-corrected chi connectivity index (χ1v) is 3.62. The fraction of sp³-hybridized carbons (Fsp3) is 0.444. The molecule has 0 heterocycles. The largest absolute Gasteiger partial charge is 0.481 e. The number of carboxylic acid groups (broad SMARTS) is 1. The molecule has 0 atom stereocenters. The van der Waals surface area contributed by atoms with Crippen molar-refractivity contribution in [3.05, 3.63) is 24.5 Å². The summed E-state index contributed by atoms with van der Waals surface area (Å²) in [5.41, 5.74) is -1.18. The summed E-state index contributed by atoms with van der Waals surface area (Å²) < 4.78 is 5.13. The van der Waals surface area contributed by atoms with Gasteiger partial charge in [-0.2, -0.15) is 0 Å². The van der Waals surface area contributed by atoms with Crippen LogP contribution in [0.2, 0.25) is 0 Å². The smallest absolute Gasteiger partial charge is 0.347 e. The third-order valence-corrected chi connectivity index (χ3v) is 1.28. The summed E-state index contributed by atoms with van der Waals surface area (Å²) in [5, 5.41) is 8.68. The van der Waals surface area contributed by atoms with Gasteiger partial charge in [-0.15, -0.1) is 0 Å². The van der Waals surface area contributed by atoms with Crippen LogP contribution in [-0.4, -0.2) is 16.7 Å². The van der Waals surface area contributed by atoms with E-state index in [-0.39, 0.29) is 0 Å². The molecule has 68 valence electrons. The molecular formula is C9H14O3. The Morgan fingerprint density at radius 2 is 2.08 bits per heavy atom. The summed E-state index contributed by atoms with van der Waals surface area (Å²) in [5.74, 6) is -0.447. The summed E-state index contributed by atoms with van der Waals surface area (Å²) in [6.45, 7) is 8.15. The quantitative estimate of drug-likeness (QED) is 0.518. The van der Waals surface area contributed by atoms with Crippen LogP contribution in [0, 0.1) is 0 Å². The van der Waals surface area contributed by atoms with Crippen LogP contribution in [-0.2, 0) is 9.53 Å². The summed E-state index contributed by atoms with van der Waals surface area (Å²) in [6.07, 6.45) is 3.16. The molecule has 0 radical (unpaired) electrons. The first-order valence-electron chi connectivity index (χ1n) is 3.62. The molecule has 3 heteroatoms. The van der Waals surface area contributed by atoms with Crippen molar-refractivity contribution in [3.63, 3.8) is 0 Å². The van der Waals surface area contributed by atoms with Gasteiger partial charge in [0.25, 0.3) is 0 Å². The van der Waals surface area contributed by atoms with Crippen molar-refractivity contribution in [1.82, 2.24) is 0 Å². The maximum atomic E-state index is 10.6. The molecular weight excluding hydrogens is 156 g/mol. The van der Waals surface area contributed by atoms with E-state index in [1.165, 1.54) is 13.8 Å². The molecule has 3 nitrogen and oxygen atoms in total. The van der Waals surface area contributed by atoms with Crippen molar-refractivity contribution >= 4 is 5.97 Å². The van der Waals surface area contributed by atoms with E-state index in [2.05, 4.69) is 6.58 Å². The zero-order valence-corrected chi connectivity index (χ0v) is 7.63. The lowest BCUT2D eigenvalue weighted by Crippen LogP contribution is -2.34. The zero-order valence-electron chi connectivity index (χ0n) is 7.63. The van der Waals surface area contributed by atoms with Crippen molar-refractivity contribution in [1.29, 1.82) is 0 Å². The first kappa shape index (κ1) is 10.8. The van der Waals surface area contributed by atoms with Crippen molar-refractivity contribution in [2.75, 3.05) is 0 Å². The molecule has 0 aromatic rings. The minimum Gasteiger partial charge on any atom is -0.481 e. The van der Waals surface area contributed by atoms with Gasteiger partial charge in [-0.1, -0.05) is 12.7 Å². The lowest BCUT2D eigenvalue weighted by molar-refractivity contribution is -0.156. The normalized spacial score (nSPS) is 12.4. The molecule has 12 heavy (non-hydrogen) atoms. The van der Waals surface area contributed by atoms with Gasteiger partial charge in [0.15, 0.2) is 5.60 Å². The Morgan fingerprint density at radius 3 is 2.42 bits per heavy atom. The third-order valence-electron chi connectivity index (χ3n) is 1.28. The highest BCUT2D eigenvalue weighted by Gasteiger charge is 2.28. The van der Waals surface area contributed by atoms with Crippen LogP contribution < -0.4 is 0 Å². The molecule has 0 unspecified atom stereocenters. The lowest BCUT2D eigenvalue weighted by atomic mass is 10.1. The molecule has 0 spiro atoms. The number of hydrogen-bond donors (Lipinski definition) is 1. The lowest BCUT2D eigenvalue weighted by Gasteiger charge is -2.21. The van der Waals surface area contributed by atoms with Crippen molar-refractivity contribution in [2.24, 2.45) is 0 Å². The molecule has 0 saturated heterocycles. The van der Waals surface area contributed by atoms with Crippen molar-refractivity contribution < 1.29 is 14.6 Å². The predicted molar refractivity (Wildman–Crippen MR) is 46.8 cm³/mol. The molecule has 1 N–H and O–H groups in total. The molecule has 0 amide bonds. The van der Waals surface area contributed by atoms with Crippen molar-refractivity contribution in [2.45, 2.75) is 26.4 Å². The third kappa shape index (κ3) is 3.23. The van der Waals surface area contributed by atoms with E-state index >= 15 is 0 Å². The highest BCUT2D eigenvalue weighted by molar-refractivity contribution is 5.76. The Kier molecular flexibility index (Phi) is 3.54. The van der Waals surface area contributed by atoms with E-state index in [0.29, 0.717) is 5.76 Å². The Hall–Kier alpha value is -1.25. The summed E-state index contributed by atoms with van der Waals surface area (Å²) in [4.78, 5) is 10.6. The Bertz CT molecular complexity index is 214. The van der Waals surface area contributed by atoms with Crippen LogP contribution in [0.1, 0.15) is 20.8 Å². The number of allylic oxidation sites excluding steroid dienone is 3. The monoisotopic (exact) mass is 170 g/mol. The van der Waals surface area contributed by atoms with Crippen molar-refractivity contribution in [3.8, 4) is 0 Å². The second kappa shape index (κ2) is 3.95. The Morgan fingerprint density at radius 1 is 1.58 bits per heavy atom. The van der Waals surface area contributed by atoms with Crippen LogP contribution in [0.5, 0.6) is 0 Å². The number of ether oxygens (including phenoxy) is 1. The molecule has 0 bridgehead atoms. The number of carboxylic acids is 1. The second-order valence-electron chi connectivity index (χ2n) is 2.93. The molecule has 0 aromatic carbocycles. The average molecular weight is 170 g/mol. The Balaban J connectivity index is 4.34. The maximum absolute atomic E-state index is 10.6. The van der Waals surface area contributed by atoms with E-state index in [9.17, 15) is 4.79 Å². The van der Waals surface area contributed by atoms with Gasteiger partial charge >= 0.3 is 5.97 Å². The Labute approximate surface area is 72.3 Å². The second-order valence-corrected chi connectivity index (χ2v) is 2.93. The van der Waals surface area contributed by atoms with Gasteiger partial charge in [-0.25, -0.2) is 4.79 Å². The summed E-state index contributed by atoms with van der Waals surface area (Å²) in [6, 6.07) is 0. The molecule has 0 saturated carbocycles.